The van der Waals surface area contributed by atoms with E-state index in [-0.39, 0.29) is 5.91 Å². The highest BCUT2D eigenvalue weighted by Crippen LogP contribution is 2.54. The fraction of sp³-hybridized carbons (Fsp3) is 0.708. The molecule has 0 spiro atoms. The molecule has 1 aromatic rings. The van der Waals surface area contributed by atoms with Gasteiger partial charge in [-0.25, -0.2) is 0 Å². The van der Waals surface area contributed by atoms with Crippen LogP contribution in [0.3, 0.4) is 0 Å². The van der Waals surface area contributed by atoms with Crippen molar-refractivity contribution >= 4 is 5.91 Å². The fourth-order valence-corrected chi connectivity index (χ4v) is 6.37. The van der Waals surface area contributed by atoms with Crippen LogP contribution in [-0.4, -0.2) is 42.0 Å². The molecule has 5 rings (SSSR count). The third-order valence-electron chi connectivity index (χ3n) is 7.23. The molecule has 0 radical (unpaired) electrons. The maximum Gasteiger partial charge on any atom is 0.242 e. The van der Waals surface area contributed by atoms with Crippen LogP contribution in [0, 0.1) is 29.6 Å². The minimum absolute atomic E-state index is 0.226. The fourth-order valence-electron chi connectivity index (χ4n) is 6.37. The van der Waals surface area contributed by atoms with Crippen LogP contribution in [-0.2, 0) is 11.3 Å². The van der Waals surface area contributed by atoms with Crippen LogP contribution >= 0.6 is 0 Å². The number of amides is 1. The monoisotopic (exact) mass is 383 g/mol. The molecule has 2 N–H and O–H groups in total. The number of rotatable bonds is 7. The van der Waals surface area contributed by atoms with Gasteiger partial charge in [-0.15, -0.1) is 0 Å². The van der Waals surface area contributed by atoms with Gasteiger partial charge in [0.05, 0.1) is 0 Å². The van der Waals surface area contributed by atoms with E-state index in [1.807, 2.05) is 18.2 Å². The highest BCUT2D eigenvalue weighted by Gasteiger charge is 2.67. The Bertz CT molecular complexity index is 688. The van der Waals surface area contributed by atoms with Gasteiger partial charge in [-0.3, -0.25) is 9.69 Å². The Morgan fingerprint density at radius 3 is 2.64 bits per heavy atom. The average molecular weight is 384 g/mol. The van der Waals surface area contributed by atoms with Gasteiger partial charge in [0, 0.05) is 31.6 Å². The predicted octanol–water partition coefficient (Wildman–Crippen LogP) is 3.28. The zero-order valence-electron chi connectivity index (χ0n) is 17.9. The Morgan fingerprint density at radius 2 is 1.96 bits per heavy atom. The first-order valence-corrected chi connectivity index (χ1v) is 11.2. The van der Waals surface area contributed by atoms with Gasteiger partial charge in [-0.2, -0.15) is 0 Å². The van der Waals surface area contributed by atoms with E-state index < -0.39 is 5.54 Å². The molecule has 4 aliphatic rings. The number of carbonyl (C=O) groups excluding carboxylic acids is 1. The summed E-state index contributed by atoms with van der Waals surface area (Å²) in [6.07, 6.45) is 2.43. The molecule has 4 nitrogen and oxygen atoms in total. The van der Waals surface area contributed by atoms with Crippen molar-refractivity contribution in [1.82, 2.24) is 15.5 Å². The van der Waals surface area contributed by atoms with E-state index in [9.17, 15) is 4.79 Å². The standard InChI is InChI=1S/C24H37N3O/c1-16(2)10-21-19-11-20-15-27(14-17(3)4)22(21)24(20,26-13-19)23(28)25-12-18-8-6-5-7-9-18/h5-9,16-17,19-22,26H,10-15H2,1-4H3,(H,25,28). The lowest BCUT2D eigenvalue weighted by atomic mass is 9.58. The normalized spacial score (nSPS) is 34.4. The Balaban J connectivity index is 1.60. The Kier molecular flexibility index (Phi) is 5.54. The number of nitrogens with one attached hydrogen (secondary N) is 2. The first-order chi connectivity index (χ1) is 13.4. The molecule has 154 valence electrons. The van der Waals surface area contributed by atoms with Gasteiger partial charge >= 0.3 is 0 Å². The molecular weight excluding hydrogens is 346 g/mol. The number of likely N-dealkylation sites (tertiary alicyclic amines) is 1. The minimum atomic E-state index is -0.405. The first-order valence-electron chi connectivity index (χ1n) is 11.2. The number of hydrogen-bond acceptors (Lipinski definition) is 3. The van der Waals surface area contributed by atoms with Crippen LogP contribution < -0.4 is 10.6 Å². The van der Waals surface area contributed by atoms with Crippen LogP contribution in [0.1, 0.15) is 46.1 Å². The lowest BCUT2D eigenvalue weighted by Crippen LogP contribution is -2.76. The van der Waals surface area contributed by atoms with E-state index in [0.717, 1.165) is 25.6 Å². The Labute approximate surface area is 170 Å². The number of piperidine rings is 2. The SMILES string of the molecule is CC(C)CC1C2CNC3(C(=O)NCc4ccccc4)C(C2)CN(CC(C)C)C13. The second-order valence-corrected chi connectivity index (χ2v) is 10.2. The van der Waals surface area contributed by atoms with Crippen LogP contribution in [0.25, 0.3) is 0 Å². The zero-order valence-corrected chi connectivity index (χ0v) is 17.9. The predicted molar refractivity (Wildman–Crippen MR) is 114 cm³/mol. The summed E-state index contributed by atoms with van der Waals surface area (Å²) in [4.78, 5) is 16.3. The third kappa shape index (κ3) is 3.39. The van der Waals surface area contributed by atoms with Crippen LogP contribution in [0.4, 0.5) is 0 Å². The van der Waals surface area contributed by atoms with Crippen molar-refractivity contribution in [2.24, 2.45) is 29.6 Å². The third-order valence-corrected chi connectivity index (χ3v) is 7.23. The summed E-state index contributed by atoms with van der Waals surface area (Å²) in [5, 5.41) is 7.09. The molecule has 3 aliphatic heterocycles. The topological polar surface area (TPSA) is 44.4 Å². The van der Waals surface area contributed by atoms with Gasteiger partial charge in [0.15, 0.2) is 0 Å². The maximum absolute atomic E-state index is 13.7. The van der Waals surface area contributed by atoms with E-state index in [2.05, 4.69) is 55.4 Å². The van der Waals surface area contributed by atoms with Crippen LogP contribution in [0.2, 0.25) is 0 Å². The van der Waals surface area contributed by atoms with Gasteiger partial charge in [0.25, 0.3) is 0 Å². The molecule has 5 unspecified atom stereocenters. The summed E-state index contributed by atoms with van der Waals surface area (Å²) in [6.45, 7) is 13.0. The molecular formula is C24H37N3O. The lowest BCUT2D eigenvalue weighted by Gasteiger charge is -2.56. The molecule has 4 fully saturated rings. The highest BCUT2D eigenvalue weighted by molar-refractivity contribution is 5.89. The highest BCUT2D eigenvalue weighted by atomic mass is 16.2. The number of benzene rings is 1. The van der Waals surface area contributed by atoms with Crippen molar-refractivity contribution in [3.8, 4) is 0 Å². The minimum Gasteiger partial charge on any atom is -0.350 e. The van der Waals surface area contributed by atoms with Crippen molar-refractivity contribution in [1.29, 1.82) is 0 Å². The Hall–Kier alpha value is -1.39. The molecule has 4 heteroatoms. The molecule has 1 aromatic carbocycles. The first kappa shape index (κ1) is 19.9. The Morgan fingerprint density at radius 1 is 1.21 bits per heavy atom. The average Bonchev–Trinajstić information content (AvgIpc) is 2.91. The van der Waals surface area contributed by atoms with Gasteiger partial charge in [0.1, 0.15) is 5.54 Å². The molecule has 3 heterocycles. The zero-order chi connectivity index (χ0) is 19.9. The summed E-state index contributed by atoms with van der Waals surface area (Å²) >= 11 is 0. The van der Waals surface area contributed by atoms with E-state index in [1.165, 1.54) is 18.4 Å². The summed E-state index contributed by atoms with van der Waals surface area (Å²) in [7, 11) is 0. The quantitative estimate of drug-likeness (QED) is 0.759. The van der Waals surface area contributed by atoms with E-state index in [1.54, 1.807) is 0 Å². The number of hydrogen-bond donors (Lipinski definition) is 2. The van der Waals surface area contributed by atoms with E-state index >= 15 is 0 Å². The van der Waals surface area contributed by atoms with Crippen LogP contribution in [0.5, 0.6) is 0 Å². The van der Waals surface area contributed by atoms with Crippen molar-refractivity contribution < 1.29 is 4.79 Å². The number of nitrogens with zero attached hydrogens (tertiary/aromatic N) is 1. The lowest BCUT2D eigenvalue weighted by molar-refractivity contribution is -0.139. The van der Waals surface area contributed by atoms with Gasteiger partial charge < -0.3 is 10.6 Å². The molecule has 5 atom stereocenters. The molecule has 4 bridgehead atoms. The summed E-state index contributed by atoms with van der Waals surface area (Å²) < 4.78 is 0. The second-order valence-electron chi connectivity index (χ2n) is 10.2. The molecule has 0 aromatic heterocycles. The summed E-state index contributed by atoms with van der Waals surface area (Å²) in [5.74, 6) is 3.31. The molecule has 3 saturated heterocycles. The van der Waals surface area contributed by atoms with E-state index in [4.69, 9.17) is 0 Å². The maximum atomic E-state index is 13.7. The van der Waals surface area contributed by atoms with Crippen molar-refractivity contribution in [3.05, 3.63) is 35.9 Å². The number of carbonyl (C=O) groups is 1. The van der Waals surface area contributed by atoms with Gasteiger partial charge in [0.2, 0.25) is 5.91 Å². The molecule has 28 heavy (non-hydrogen) atoms. The van der Waals surface area contributed by atoms with Gasteiger partial charge in [-0.1, -0.05) is 58.0 Å². The van der Waals surface area contributed by atoms with Crippen molar-refractivity contribution in [2.75, 3.05) is 19.6 Å². The number of fused-ring (bicyclic) bond motifs is 1. The van der Waals surface area contributed by atoms with Crippen molar-refractivity contribution in [2.45, 2.75) is 58.7 Å². The molecule has 1 saturated carbocycles. The second kappa shape index (κ2) is 7.79. The molecule has 1 amide bonds. The summed E-state index contributed by atoms with van der Waals surface area (Å²) in [6, 6.07) is 10.6. The van der Waals surface area contributed by atoms with Crippen molar-refractivity contribution in [3.63, 3.8) is 0 Å². The smallest absolute Gasteiger partial charge is 0.242 e. The molecule has 1 aliphatic carbocycles. The van der Waals surface area contributed by atoms with Crippen LogP contribution in [0.15, 0.2) is 30.3 Å². The van der Waals surface area contributed by atoms with Gasteiger partial charge in [-0.05, 0) is 48.6 Å². The van der Waals surface area contributed by atoms with E-state index in [0.29, 0.717) is 36.3 Å². The summed E-state index contributed by atoms with van der Waals surface area (Å²) in [5.41, 5.74) is 0.764. The largest absolute Gasteiger partial charge is 0.350 e.